The molecule has 140 valence electrons. The van der Waals surface area contributed by atoms with Crippen LogP contribution in [0.25, 0.3) is 0 Å². The first-order valence-electron chi connectivity index (χ1n) is 9.45. The number of carbonyl (C=O) groups excluding carboxylic acids is 1. The fourth-order valence-corrected chi connectivity index (χ4v) is 3.43. The van der Waals surface area contributed by atoms with Crippen molar-refractivity contribution in [2.75, 3.05) is 19.6 Å². The lowest BCUT2D eigenvalue weighted by Crippen LogP contribution is -2.45. The normalized spacial score (nSPS) is 16.7. The van der Waals surface area contributed by atoms with Crippen molar-refractivity contribution in [2.45, 2.75) is 32.5 Å². The van der Waals surface area contributed by atoms with Gasteiger partial charge in [0, 0.05) is 32.2 Å². The zero-order chi connectivity index (χ0) is 19.1. The molecule has 4 heteroatoms. The van der Waals surface area contributed by atoms with Gasteiger partial charge in [-0.3, -0.25) is 4.90 Å². The molecule has 0 bridgehead atoms. The highest BCUT2D eigenvalue weighted by molar-refractivity contribution is 5.75. The van der Waals surface area contributed by atoms with Crippen LogP contribution in [-0.4, -0.2) is 41.5 Å². The molecular formula is C23H27N3O. The van der Waals surface area contributed by atoms with E-state index < -0.39 is 0 Å². The molecule has 2 aromatic rings. The second kappa shape index (κ2) is 9.25. The van der Waals surface area contributed by atoms with Gasteiger partial charge in [-0.15, -0.1) is 6.42 Å². The lowest BCUT2D eigenvalue weighted by Gasteiger charge is -2.24. The van der Waals surface area contributed by atoms with Crippen LogP contribution in [0.5, 0.6) is 0 Å². The smallest absolute Gasteiger partial charge is 0.318 e. The topological polar surface area (TPSA) is 35.6 Å². The summed E-state index contributed by atoms with van der Waals surface area (Å²) in [6.07, 6.45) is 6.45. The molecule has 0 aliphatic carbocycles. The Labute approximate surface area is 162 Å². The second-order valence-electron chi connectivity index (χ2n) is 7.20. The van der Waals surface area contributed by atoms with Gasteiger partial charge < -0.3 is 10.2 Å². The first kappa shape index (κ1) is 19.0. The van der Waals surface area contributed by atoms with Gasteiger partial charge in [0.2, 0.25) is 0 Å². The van der Waals surface area contributed by atoms with Crippen molar-refractivity contribution in [3.63, 3.8) is 0 Å². The molecule has 1 unspecified atom stereocenters. The number of terminal acetylenes is 1. The minimum atomic E-state index is -0.0833. The van der Waals surface area contributed by atoms with Crippen LogP contribution < -0.4 is 5.32 Å². The molecule has 1 atom stereocenters. The van der Waals surface area contributed by atoms with Gasteiger partial charge in [0.25, 0.3) is 0 Å². The van der Waals surface area contributed by atoms with E-state index in [-0.39, 0.29) is 12.1 Å². The maximum Gasteiger partial charge on any atom is 0.318 e. The summed E-state index contributed by atoms with van der Waals surface area (Å²) in [6, 6.07) is 18.7. The summed E-state index contributed by atoms with van der Waals surface area (Å²) in [5.41, 5.74) is 3.59. The van der Waals surface area contributed by atoms with Crippen LogP contribution in [0.1, 0.15) is 23.1 Å². The highest BCUT2D eigenvalue weighted by Crippen LogP contribution is 2.14. The number of likely N-dealkylation sites (tertiary alicyclic amines) is 1. The van der Waals surface area contributed by atoms with Gasteiger partial charge >= 0.3 is 6.03 Å². The molecule has 1 aliphatic rings. The number of carbonyl (C=O) groups is 1. The highest BCUT2D eigenvalue weighted by atomic mass is 16.2. The summed E-state index contributed by atoms with van der Waals surface area (Å²) in [6.45, 7) is 5.67. The average Bonchev–Trinajstić information content (AvgIpc) is 3.10. The van der Waals surface area contributed by atoms with Gasteiger partial charge in [0.1, 0.15) is 0 Å². The van der Waals surface area contributed by atoms with Crippen LogP contribution in [-0.2, 0) is 13.1 Å². The zero-order valence-corrected chi connectivity index (χ0v) is 15.9. The maximum atomic E-state index is 12.7. The van der Waals surface area contributed by atoms with Gasteiger partial charge in [0.15, 0.2) is 0 Å². The Morgan fingerprint density at radius 3 is 2.63 bits per heavy atom. The number of nitrogens with zero attached hydrogens (tertiary/aromatic N) is 2. The van der Waals surface area contributed by atoms with Gasteiger partial charge in [-0.2, -0.15) is 0 Å². The van der Waals surface area contributed by atoms with Gasteiger partial charge in [-0.1, -0.05) is 66.1 Å². The fraction of sp³-hybridized carbons (Fsp3) is 0.348. The third-order valence-electron chi connectivity index (χ3n) is 4.91. The van der Waals surface area contributed by atoms with Crippen LogP contribution in [0, 0.1) is 19.3 Å². The van der Waals surface area contributed by atoms with Crippen molar-refractivity contribution >= 4 is 6.03 Å². The second-order valence-corrected chi connectivity index (χ2v) is 7.20. The van der Waals surface area contributed by atoms with Crippen molar-refractivity contribution in [3.8, 4) is 12.3 Å². The number of urea groups is 1. The van der Waals surface area contributed by atoms with Crippen LogP contribution in [0.15, 0.2) is 54.6 Å². The number of aryl methyl sites for hydroxylation is 1. The molecule has 1 heterocycles. The molecule has 0 saturated carbocycles. The summed E-state index contributed by atoms with van der Waals surface area (Å²) >= 11 is 0. The lowest BCUT2D eigenvalue weighted by molar-refractivity contribution is 0.197. The minimum absolute atomic E-state index is 0.0833. The Kier molecular flexibility index (Phi) is 6.51. The maximum absolute atomic E-state index is 12.7. The number of rotatable bonds is 6. The first-order valence-corrected chi connectivity index (χ1v) is 9.45. The fourth-order valence-electron chi connectivity index (χ4n) is 3.43. The van der Waals surface area contributed by atoms with Crippen molar-refractivity contribution in [1.82, 2.24) is 15.1 Å². The van der Waals surface area contributed by atoms with E-state index in [1.54, 1.807) is 4.90 Å². The minimum Gasteiger partial charge on any atom is -0.334 e. The number of hydrogen-bond acceptors (Lipinski definition) is 2. The molecular weight excluding hydrogens is 334 g/mol. The quantitative estimate of drug-likeness (QED) is 0.801. The number of nitrogens with one attached hydrogen (secondary N) is 1. The van der Waals surface area contributed by atoms with Crippen molar-refractivity contribution in [2.24, 2.45) is 0 Å². The lowest BCUT2D eigenvalue weighted by atomic mass is 10.1. The molecule has 0 radical (unpaired) electrons. The van der Waals surface area contributed by atoms with E-state index >= 15 is 0 Å². The predicted octanol–water partition coefficient (Wildman–Crippen LogP) is 3.41. The summed E-state index contributed by atoms with van der Waals surface area (Å²) < 4.78 is 0. The molecule has 3 rings (SSSR count). The first-order chi connectivity index (χ1) is 13.1. The molecule has 4 nitrogen and oxygen atoms in total. The summed E-state index contributed by atoms with van der Waals surface area (Å²) in [5.74, 6) is 2.60. The molecule has 2 aromatic carbocycles. The number of hydrogen-bond donors (Lipinski definition) is 1. The molecule has 1 saturated heterocycles. The Bertz CT molecular complexity index is 780. The number of benzene rings is 2. The van der Waals surface area contributed by atoms with Crippen molar-refractivity contribution in [3.05, 3.63) is 71.3 Å². The largest absolute Gasteiger partial charge is 0.334 e. The third kappa shape index (κ3) is 5.60. The standard InChI is InChI=1S/C23H27N3O/c1-3-14-26(17-21-11-9-19(2)10-12-21)23(27)24-22-13-15-25(18-22)16-20-7-5-4-6-8-20/h1,4-12,22H,13-18H2,2H3,(H,24,27). The third-order valence-corrected chi connectivity index (χ3v) is 4.91. The summed E-state index contributed by atoms with van der Waals surface area (Å²) in [5, 5.41) is 3.16. The Balaban J connectivity index is 1.53. The van der Waals surface area contributed by atoms with Crippen LogP contribution >= 0.6 is 0 Å². The highest BCUT2D eigenvalue weighted by Gasteiger charge is 2.25. The molecule has 1 N–H and O–H groups in total. The van der Waals surface area contributed by atoms with Crippen molar-refractivity contribution < 1.29 is 4.79 Å². The van der Waals surface area contributed by atoms with E-state index in [0.29, 0.717) is 13.1 Å². The van der Waals surface area contributed by atoms with Gasteiger partial charge in [-0.25, -0.2) is 4.79 Å². The molecule has 0 aromatic heterocycles. The van der Waals surface area contributed by atoms with E-state index in [4.69, 9.17) is 6.42 Å². The number of amides is 2. The van der Waals surface area contributed by atoms with E-state index in [0.717, 1.165) is 31.6 Å². The molecule has 1 fully saturated rings. The van der Waals surface area contributed by atoms with E-state index in [9.17, 15) is 4.79 Å². The van der Waals surface area contributed by atoms with Crippen LogP contribution in [0.2, 0.25) is 0 Å². The summed E-state index contributed by atoms with van der Waals surface area (Å²) in [4.78, 5) is 16.8. The van der Waals surface area contributed by atoms with Crippen LogP contribution in [0.4, 0.5) is 4.79 Å². The Hall–Kier alpha value is -2.77. The molecule has 2 amide bonds. The van der Waals surface area contributed by atoms with Crippen molar-refractivity contribution in [1.29, 1.82) is 0 Å². The van der Waals surface area contributed by atoms with Crippen LogP contribution in [0.3, 0.4) is 0 Å². The molecule has 0 spiro atoms. The predicted molar refractivity (Wildman–Crippen MR) is 109 cm³/mol. The zero-order valence-electron chi connectivity index (χ0n) is 15.9. The Morgan fingerprint density at radius 1 is 1.19 bits per heavy atom. The van der Waals surface area contributed by atoms with E-state index in [1.807, 2.05) is 18.2 Å². The van der Waals surface area contributed by atoms with E-state index in [1.165, 1.54) is 11.1 Å². The van der Waals surface area contributed by atoms with Gasteiger partial charge in [0.05, 0.1) is 6.54 Å². The Morgan fingerprint density at radius 2 is 1.93 bits per heavy atom. The molecule has 27 heavy (non-hydrogen) atoms. The van der Waals surface area contributed by atoms with E-state index in [2.05, 4.69) is 59.5 Å². The van der Waals surface area contributed by atoms with Gasteiger partial charge in [-0.05, 0) is 24.5 Å². The average molecular weight is 361 g/mol. The monoisotopic (exact) mass is 361 g/mol. The summed E-state index contributed by atoms with van der Waals surface area (Å²) in [7, 11) is 0. The SMILES string of the molecule is C#CCN(Cc1ccc(C)cc1)C(=O)NC1CCN(Cc2ccccc2)C1. The molecule has 1 aliphatic heterocycles.